The molecule has 0 aromatic carbocycles. The van der Waals surface area contributed by atoms with Crippen LogP contribution in [0.3, 0.4) is 0 Å². The Hall–Kier alpha value is -0.570. The molecule has 1 N–H and O–H groups in total. The van der Waals surface area contributed by atoms with Crippen LogP contribution in [-0.4, -0.2) is 34.6 Å². The predicted octanol–water partition coefficient (Wildman–Crippen LogP) is 1.16. The van der Waals surface area contributed by atoms with Gasteiger partial charge >= 0.3 is 0 Å². The number of rotatable bonds is 2. The lowest BCUT2D eigenvalue weighted by Gasteiger charge is -2.38. The second-order valence-electron chi connectivity index (χ2n) is 4.60. The van der Waals surface area contributed by atoms with Gasteiger partial charge in [0.1, 0.15) is 0 Å². The summed E-state index contributed by atoms with van der Waals surface area (Å²) in [7, 11) is 0. The molecule has 14 heavy (non-hydrogen) atoms. The molecule has 80 valence electrons. The molecule has 0 bridgehead atoms. The maximum absolute atomic E-state index is 11.4. The molecule has 0 aromatic rings. The normalized spacial score (nSPS) is 30.1. The quantitative estimate of drug-likeness (QED) is 0.721. The summed E-state index contributed by atoms with van der Waals surface area (Å²) in [5.74, 6) is 0.592. The van der Waals surface area contributed by atoms with Crippen LogP contribution >= 0.6 is 0 Å². The predicted molar refractivity (Wildman–Crippen MR) is 53.8 cm³/mol. The van der Waals surface area contributed by atoms with Gasteiger partial charge in [-0.1, -0.05) is 0 Å². The average Bonchev–Trinajstić information content (AvgIpc) is 3.00. The van der Waals surface area contributed by atoms with Crippen LogP contribution in [-0.2, 0) is 4.79 Å². The molecule has 2 aliphatic rings. The molecule has 0 spiro atoms. The number of nitrogens with zero attached hydrogens (tertiary/aromatic N) is 1. The molecule has 1 heterocycles. The summed E-state index contributed by atoms with van der Waals surface area (Å²) in [6.07, 6.45) is 5.25. The van der Waals surface area contributed by atoms with Crippen molar-refractivity contribution >= 4 is 5.91 Å². The largest absolute Gasteiger partial charge is 0.391 e. The Kier molecular flexibility index (Phi) is 2.77. The van der Waals surface area contributed by atoms with Gasteiger partial charge in [0.05, 0.1) is 12.1 Å². The molecular formula is C11H19NO2. The first-order valence-corrected chi connectivity index (χ1v) is 5.65. The number of carbonyl (C=O) groups is 1. The first kappa shape index (κ1) is 9.97. The van der Waals surface area contributed by atoms with Crippen molar-refractivity contribution in [2.75, 3.05) is 6.54 Å². The maximum Gasteiger partial charge on any atom is 0.219 e. The van der Waals surface area contributed by atoms with Crippen LogP contribution in [0, 0.1) is 5.92 Å². The summed E-state index contributed by atoms with van der Waals surface area (Å²) in [4.78, 5) is 13.2. The summed E-state index contributed by atoms with van der Waals surface area (Å²) < 4.78 is 0. The molecule has 2 unspecified atom stereocenters. The van der Waals surface area contributed by atoms with Gasteiger partial charge in [0.15, 0.2) is 0 Å². The highest BCUT2D eigenvalue weighted by Crippen LogP contribution is 2.37. The minimum atomic E-state index is -0.265. The Labute approximate surface area is 85.1 Å². The highest BCUT2D eigenvalue weighted by Gasteiger charge is 2.39. The molecule has 2 rings (SSSR count). The Bertz CT molecular complexity index is 225. The van der Waals surface area contributed by atoms with Gasteiger partial charge in [0, 0.05) is 13.5 Å². The molecule has 1 aliphatic heterocycles. The number of carbonyl (C=O) groups excluding carboxylic acids is 1. The van der Waals surface area contributed by atoms with Crippen molar-refractivity contribution in [1.82, 2.24) is 4.90 Å². The molecule has 0 aromatic heterocycles. The van der Waals surface area contributed by atoms with Gasteiger partial charge in [-0.15, -0.1) is 0 Å². The minimum absolute atomic E-state index is 0.105. The van der Waals surface area contributed by atoms with Crippen LogP contribution < -0.4 is 0 Å². The summed E-state index contributed by atoms with van der Waals surface area (Å²) >= 11 is 0. The minimum Gasteiger partial charge on any atom is -0.391 e. The van der Waals surface area contributed by atoms with Gasteiger partial charge < -0.3 is 10.0 Å². The van der Waals surface area contributed by atoms with Crippen LogP contribution in [0.4, 0.5) is 0 Å². The van der Waals surface area contributed by atoms with E-state index in [1.54, 1.807) is 6.92 Å². The third-order valence-corrected chi connectivity index (χ3v) is 3.45. The molecule has 1 saturated carbocycles. The molecule has 1 saturated heterocycles. The summed E-state index contributed by atoms with van der Waals surface area (Å²) in [5, 5.41) is 10.0. The molecule has 1 amide bonds. The fourth-order valence-electron chi connectivity index (χ4n) is 2.46. The van der Waals surface area contributed by atoms with E-state index in [0.29, 0.717) is 5.92 Å². The zero-order valence-corrected chi connectivity index (χ0v) is 8.78. The second-order valence-corrected chi connectivity index (χ2v) is 4.60. The van der Waals surface area contributed by atoms with Crippen molar-refractivity contribution in [3.63, 3.8) is 0 Å². The van der Waals surface area contributed by atoms with Crippen molar-refractivity contribution in [1.29, 1.82) is 0 Å². The monoisotopic (exact) mass is 197 g/mol. The van der Waals surface area contributed by atoms with Crippen LogP contribution in [0.5, 0.6) is 0 Å². The second kappa shape index (κ2) is 3.89. The summed E-state index contributed by atoms with van der Waals surface area (Å²) in [6.45, 7) is 2.45. The number of amides is 1. The Morgan fingerprint density at radius 1 is 1.36 bits per heavy atom. The van der Waals surface area contributed by atoms with Crippen LogP contribution in [0.15, 0.2) is 0 Å². The Morgan fingerprint density at radius 2 is 2.07 bits per heavy atom. The SMILES string of the molecule is CC(=O)N1CCCCC1C(O)C1CC1. The first-order valence-electron chi connectivity index (χ1n) is 5.65. The summed E-state index contributed by atoms with van der Waals surface area (Å²) in [5.41, 5.74) is 0. The lowest BCUT2D eigenvalue weighted by atomic mass is 9.95. The fraction of sp³-hybridized carbons (Fsp3) is 0.909. The van der Waals surface area contributed by atoms with Crippen LogP contribution in [0.25, 0.3) is 0 Å². The van der Waals surface area contributed by atoms with Gasteiger partial charge in [-0.05, 0) is 38.0 Å². The van der Waals surface area contributed by atoms with E-state index in [0.717, 1.165) is 38.6 Å². The van der Waals surface area contributed by atoms with Crippen molar-refractivity contribution in [3.05, 3.63) is 0 Å². The first-order chi connectivity index (χ1) is 6.70. The number of likely N-dealkylation sites (tertiary alicyclic amines) is 1. The lowest BCUT2D eigenvalue weighted by molar-refractivity contribution is -0.136. The van der Waals surface area contributed by atoms with Gasteiger partial charge in [-0.2, -0.15) is 0 Å². The average molecular weight is 197 g/mol. The van der Waals surface area contributed by atoms with E-state index in [9.17, 15) is 9.90 Å². The molecular weight excluding hydrogens is 178 g/mol. The van der Waals surface area contributed by atoms with E-state index in [1.165, 1.54) is 0 Å². The third kappa shape index (κ3) is 1.92. The smallest absolute Gasteiger partial charge is 0.219 e. The number of aliphatic hydroxyl groups is 1. The summed E-state index contributed by atoms with van der Waals surface area (Å²) in [6, 6.07) is 0.105. The van der Waals surface area contributed by atoms with Crippen molar-refractivity contribution < 1.29 is 9.90 Å². The molecule has 3 heteroatoms. The zero-order valence-electron chi connectivity index (χ0n) is 8.78. The van der Waals surface area contributed by atoms with Gasteiger partial charge in [0.2, 0.25) is 5.91 Å². The van der Waals surface area contributed by atoms with E-state index in [-0.39, 0.29) is 18.1 Å². The number of hydrogen-bond donors (Lipinski definition) is 1. The van der Waals surface area contributed by atoms with Crippen molar-refractivity contribution in [2.24, 2.45) is 5.92 Å². The van der Waals surface area contributed by atoms with Crippen molar-refractivity contribution in [3.8, 4) is 0 Å². The molecule has 0 radical (unpaired) electrons. The maximum atomic E-state index is 11.4. The topological polar surface area (TPSA) is 40.5 Å². The standard InChI is InChI=1S/C11H19NO2/c1-8(13)12-7-3-2-4-10(12)11(14)9-5-6-9/h9-11,14H,2-7H2,1H3. The van der Waals surface area contributed by atoms with E-state index < -0.39 is 0 Å². The fourth-order valence-corrected chi connectivity index (χ4v) is 2.46. The Balaban J connectivity index is 2.01. The molecule has 2 atom stereocenters. The van der Waals surface area contributed by atoms with E-state index >= 15 is 0 Å². The number of aliphatic hydroxyl groups excluding tert-OH is 1. The van der Waals surface area contributed by atoms with E-state index in [4.69, 9.17) is 0 Å². The van der Waals surface area contributed by atoms with E-state index in [1.807, 2.05) is 4.90 Å². The third-order valence-electron chi connectivity index (χ3n) is 3.45. The highest BCUT2D eigenvalue weighted by atomic mass is 16.3. The lowest BCUT2D eigenvalue weighted by Crippen LogP contribution is -2.49. The van der Waals surface area contributed by atoms with E-state index in [2.05, 4.69) is 0 Å². The van der Waals surface area contributed by atoms with Gasteiger partial charge in [-0.3, -0.25) is 4.79 Å². The van der Waals surface area contributed by atoms with Gasteiger partial charge in [-0.25, -0.2) is 0 Å². The molecule has 1 aliphatic carbocycles. The number of hydrogen-bond acceptors (Lipinski definition) is 2. The zero-order chi connectivity index (χ0) is 10.1. The number of piperidine rings is 1. The van der Waals surface area contributed by atoms with Crippen molar-refractivity contribution in [2.45, 2.75) is 51.2 Å². The molecule has 3 nitrogen and oxygen atoms in total. The van der Waals surface area contributed by atoms with Gasteiger partial charge in [0.25, 0.3) is 0 Å². The van der Waals surface area contributed by atoms with Crippen LogP contribution in [0.1, 0.15) is 39.0 Å². The Morgan fingerprint density at radius 3 is 2.64 bits per heavy atom. The molecule has 2 fully saturated rings. The highest BCUT2D eigenvalue weighted by molar-refractivity contribution is 5.73. The van der Waals surface area contributed by atoms with Crippen LogP contribution in [0.2, 0.25) is 0 Å².